The van der Waals surface area contributed by atoms with E-state index in [1.54, 1.807) is 21.0 Å². The van der Waals surface area contributed by atoms with Gasteiger partial charge in [0.1, 0.15) is 11.7 Å². The molecule has 0 fully saturated rings. The molecule has 0 aromatic heterocycles. The Hall–Kier alpha value is -4.07. The minimum atomic E-state index is -1.05. The molecule has 0 unspecified atom stereocenters. The van der Waals surface area contributed by atoms with Crippen LogP contribution >= 0.6 is 0 Å². The van der Waals surface area contributed by atoms with Crippen LogP contribution in [0.3, 0.4) is 0 Å². The van der Waals surface area contributed by atoms with Crippen molar-refractivity contribution in [3.63, 3.8) is 0 Å². The first kappa shape index (κ1) is 29.9. The number of dihydropyridines is 1. The fraction of sp³-hybridized carbons (Fsp3) is 0.424. The van der Waals surface area contributed by atoms with E-state index in [2.05, 4.69) is 24.1 Å². The molecular formula is C33H40N2O6. The van der Waals surface area contributed by atoms with Gasteiger partial charge in [-0.3, -0.25) is 9.59 Å². The molecule has 0 amide bonds. The van der Waals surface area contributed by atoms with Crippen LogP contribution < -0.4 is 15.0 Å². The summed E-state index contributed by atoms with van der Waals surface area (Å²) in [5.41, 5.74) is 4.81. The maximum absolute atomic E-state index is 14.5. The van der Waals surface area contributed by atoms with Crippen LogP contribution in [0.4, 0.5) is 5.69 Å². The van der Waals surface area contributed by atoms with Crippen LogP contribution in [0.2, 0.25) is 0 Å². The number of nitrogens with one attached hydrogen (secondary N) is 1. The third-order valence-corrected chi connectivity index (χ3v) is 7.95. The number of benzene rings is 2. The lowest BCUT2D eigenvalue weighted by molar-refractivity contribution is -0.152. The zero-order valence-corrected chi connectivity index (χ0v) is 24.8. The molecule has 1 aliphatic heterocycles. The van der Waals surface area contributed by atoms with E-state index < -0.39 is 29.7 Å². The predicted molar refractivity (Wildman–Crippen MR) is 158 cm³/mol. The van der Waals surface area contributed by atoms with E-state index in [4.69, 9.17) is 14.2 Å². The number of allylic oxidation sites excluding steroid dienone is 3. The molecule has 41 heavy (non-hydrogen) atoms. The summed E-state index contributed by atoms with van der Waals surface area (Å²) in [6, 6.07) is 15.4. The van der Waals surface area contributed by atoms with Crippen molar-refractivity contribution < 1.29 is 28.6 Å². The van der Waals surface area contributed by atoms with Crippen molar-refractivity contribution in [2.45, 2.75) is 52.9 Å². The van der Waals surface area contributed by atoms with E-state index >= 15 is 0 Å². The van der Waals surface area contributed by atoms with Crippen LogP contribution in [0.5, 0.6) is 5.75 Å². The quantitative estimate of drug-likeness (QED) is 0.311. The van der Waals surface area contributed by atoms with Crippen LogP contribution in [0.25, 0.3) is 0 Å². The second-order valence-corrected chi connectivity index (χ2v) is 10.2. The van der Waals surface area contributed by atoms with Gasteiger partial charge in [0.15, 0.2) is 5.78 Å². The molecule has 4 rings (SSSR count). The molecular weight excluding hydrogens is 520 g/mol. The monoisotopic (exact) mass is 560 g/mol. The first-order valence-electron chi connectivity index (χ1n) is 14.4. The van der Waals surface area contributed by atoms with Crippen molar-refractivity contribution in [1.29, 1.82) is 0 Å². The van der Waals surface area contributed by atoms with Gasteiger partial charge in [-0.1, -0.05) is 24.3 Å². The summed E-state index contributed by atoms with van der Waals surface area (Å²) in [5, 5.41) is 3.35. The van der Waals surface area contributed by atoms with Crippen molar-refractivity contribution in [3.05, 3.63) is 82.2 Å². The summed E-state index contributed by atoms with van der Waals surface area (Å²) in [6.07, 6.45) is 0.401. The number of carbonyl (C=O) groups is 3. The second-order valence-electron chi connectivity index (χ2n) is 10.2. The Morgan fingerprint density at radius 3 is 2.07 bits per heavy atom. The average molecular weight is 561 g/mol. The summed E-state index contributed by atoms with van der Waals surface area (Å²) in [6.45, 7) is 11.6. The third-order valence-electron chi connectivity index (χ3n) is 7.95. The molecule has 1 heterocycles. The summed E-state index contributed by atoms with van der Waals surface area (Å²) in [4.78, 5) is 43.4. The Kier molecular flexibility index (Phi) is 9.53. The fourth-order valence-corrected chi connectivity index (χ4v) is 5.98. The van der Waals surface area contributed by atoms with Crippen LogP contribution in [0.1, 0.15) is 64.0 Å². The summed E-state index contributed by atoms with van der Waals surface area (Å²) in [5.74, 6) is -2.89. The van der Waals surface area contributed by atoms with Crippen molar-refractivity contribution >= 4 is 23.4 Å². The number of ketones is 1. The van der Waals surface area contributed by atoms with Gasteiger partial charge < -0.3 is 24.4 Å². The molecule has 3 atom stereocenters. The zero-order valence-electron chi connectivity index (χ0n) is 24.8. The van der Waals surface area contributed by atoms with Gasteiger partial charge in [0, 0.05) is 47.6 Å². The van der Waals surface area contributed by atoms with E-state index in [1.807, 2.05) is 55.5 Å². The lowest BCUT2D eigenvalue weighted by Gasteiger charge is -2.39. The number of Topliss-reactive ketones (excluding diaryl/α,β-unsaturated/α-hetero) is 1. The van der Waals surface area contributed by atoms with E-state index in [0.29, 0.717) is 34.7 Å². The maximum atomic E-state index is 14.5. The van der Waals surface area contributed by atoms with E-state index in [1.165, 1.54) is 0 Å². The molecule has 0 radical (unpaired) electrons. The molecule has 1 aliphatic carbocycles. The minimum absolute atomic E-state index is 0.158. The third kappa shape index (κ3) is 5.87. The van der Waals surface area contributed by atoms with Gasteiger partial charge >= 0.3 is 11.9 Å². The highest BCUT2D eigenvalue weighted by atomic mass is 16.5. The van der Waals surface area contributed by atoms with Gasteiger partial charge in [-0.15, -0.1) is 0 Å². The van der Waals surface area contributed by atoms with Crippen molar-refractivity contribution in [1.82, 2.24) is 5.32 Å². The van der Waals surface area contributed by atoms with Crippen LogP contribution in [-0.2, 0) is 23.9 Å². The van der Waals surface area contributed by atoms with Gasteiger partial charge in [0.2, 0.25) is 0 Å². The van der Waals surface area contributed by atoms with Gasteiger partial charge in [-0.2, -0.15) is 0 Å². The van der Waals surface area contributed by atoms with Gasteiger partial charge in [-0.05, 0) is 76.4 Å². The van der Waals surface area contributed by atoms with Crippen molar-refractivity contribution in [3.8, 4) is 5.75 Å². The predicted octanol–water partition coefficient (Wildman–Crippen LogP) is 5.26. The molecule has 0 saturated carbocycles. The zero-order chi connectivity index (χ0) is 29.7. The topological polar surface area (TPSA) is 94.2 Å². The van der Waals surface area contributed by atoms with Crippen LogP contribution in [-0.4, -0.2) is 51.1 Å². The van der Waals surface area contributed by atoms with E-state index in [-0.39, 0.29) is 19.0 Å². The minimum Gasteiger partial charge on any atom is -0.497 e. The van der Waals surface area contributed by atoms with Crippen molar-refractivity contribution in [2.75, 3.05) is 38.3 Å². The first-order valence-corrected chi connectivity index (χ1v) is 14.4. The first-order chi connectivity index (χ1) is 19.8. The number of esters is 2. The Morgan fingerprint density at radius 2 is 1.51 bits per heavy atom. The molecule has 8 heteroatoms. The highest BCUT2D eigenvalue weighted by Gasteiger charge is 2.49. The number of ether oxygens (including phenoxy) is 3. The largest absolute Gasteiger partial charge is 0.497 e. The van der Waals surface area contributed by atoms with E-state index in [9.17, 15) is 14.4 Å². The number of anilines is 1. The number of nitrogens with zero attached hydrogens (tertiary/aromatic N) is 1. The van der Waals surface area contributed by atoms with Gasteiger partial charge in [-0.25, -0.2) is 4.79 Å². The standard InChI is InChI=1S/C33H40N2O6/c1-7-35(8-2)23-15-11-22(12-16-23)28-27(32(37)40-9-3)20(5)34-26-19-25(21-13-17-24(39-6)18-14-21)29(31(36)30(26)28)33(38)41-10-4/h11-18,25,28-29,34H,7-10,19H2,1-6H3/t25-,28-,29-/m1/s1. The summed E-state index contributed by atoms with van der Waals surface area (Å²) >= 11 is 0. The smallest absolute Gasteiger partial charge is 0.336 e. The van der Waals surface area contributed by atoms with Gasteiger partial charge in [0.05, 0.1) is 25.9 Å². The summed E-state index contributed by atoms with van der Waals surface area (Å²) < 4.78 is 16.2. The number of hydrogen-bond acceptors (Lipinski definition) is 8. The molecule has 0 saturated heterocycles. The lowest BCUT2D eigenvalue weighted by Crippen LogP contribution is -2.43. The van der Waals surface area contributed by atoms with Crippen LogP contribution in [0.15, 0.2) is 71.1 Å². The second kappa shape index (κ2) is 13.1. The SMILES string of the molecule is CCOC(=O)C1=C(C)NC2=C(C(=O)[C@H](C(=O)OCC)[C@@H](c3ccc(OC)cc3)C2)[C@@H]1c1ccc(N(CC)CC)cc1. The Balaban J connectivity index is 1.87. The highest BCUT2D eigenvalue weighted by Crippen LogP contribution is 2.48. The fourth-order valence-electron chi connectivity index (χ4n) is 5.98. The average Bonchev–Trinajstić information content (AvgIpc) is 2.97. The lowest BCUT2D eigenvalue weighted by atomic mass is 9.67. The number of methoxy groups -OCH3 is 1. The van der Waals surface area contributed by atoms with Crippen molar-refractivity contribution in [2.24, 2.45) is 5.92 Å². The molecule has 2 aliphatic rings. The summed E-state index contributed by atoms with van der Waals surface area (Å²) in [7, 11) is 1.59. The Labute approximate surface area is 242 Å². The Bertz CT molecular complexity index is 1340. The normalized spacial score (nSPS) is 20.2. The molecule has 0 bridgehead atoms. The Morgan fingerprint density at radius 1 is 0.902 bits per heavy atom. The molecule has 2 aromatic rings. The molecule has 8 nitrogen and oxygen atoms in total. The van der Waals surface area contributed by atoms with Crippen LogP contribution in [0, 0.1) is 5.92 Å². The number of carbonyl (C=O) groups excluding carboxylic acids is 3. The molecule has 0 spiro atoms. The number of hydrogen-bond donors (Lipinski definition) is 1. The highest BCUT2D eigenvalue weighted by molar-refractivity contribution is 6.13. The van der Waals surface area contributed by atoms with Gasteiger partial charge in [0.25, 0.3) is 0 Å². The molecule has 1 N–H and O–H groups in total. The van der Waals surface area contributed by atoms with E-state index in [0.717, 1.165) is 29.9 Å². The molecule has 218 valence electrons. The number of rotatable bonds is 10. The maximum Gasteiger partial charge on any atom is 0.336 e. The molecule has 2 aromatic carbocycles.